The van der Waals surface area contributed by atoms with Crippen LogP contribution in [0.5, 0.6) is 0 Å². The Morgan fingerprint density at radius 3 is 2.40 bits per heavy atom. The largest absolute Gasteiger partial charge is 0.319 e. The molecule has 0 aromatic heterocycles. The molecule has 1 N–H and O–H groups in total. The highest BCUT2D eigenvalue weighted by Gasteiger charge is 2.77. The van der Waals surface area contributed by atoms with Crippen LogP contribution in [0, 0.1) is 5.41 Å². The van der Waals surface area contributed by atoms with Crippen LogP contribution < -0.4 is 5.32 Å². The predicted octanol–water partition coefficient (Wildman–Crippen LogP) is 2.64. The molecule has 1 aliphatic rings. The van der Waals surface area contributed by atoms with E-state index >= 15 is 0 Å². The number of alkyl halides is 2. The third-order valence-corrected chi connectivity index (χ3v) is 3.35. The molecule has 0 bridgehead atoms. The highest BCUT2D eigenvalue weighted by molar-refractivity contribution is 5.37. The lowest BCUT2D eigenvalue weighted by atomic mass is 10.0. The van der Waals surface area contributed by atoms with Crippen molar-refractivity contribution in [3.05, 3.63) is 35.9 Å². The number of nitrogens with one attached hydrogen (secondary N) is 1. The second kappa shape index (κ2) is 3.27. The summed E-state index contributed by atoms with van der Waals surface area (Å²) in [5.74, 6) is -3.23. The van der Waals surface area contributed by atoms with Gasteiger partial charge in [-0.25, -0.2) is 8.78 Å². The third kappa shape index (κ3) is 1.37. The molecule has 0 unspecified atom stereocenters. The van der Waals surface area contributed by atoms with Crippen LogP contribution in [0.1, 0.15) is 18.4 Å². The van der Waals surface area contributed by atoms with Crippen molar-refractivity contribution >= 4 is 0 Å². The molecule has 1 aromatic carbocycles. The van der Waals surface area contributed by atoms with Gasteiger partial charge in [0.1, 0.15) is 0 Å². The van der Waals surface area contributed by atoms with Crippen LogP contribution in [0.3, 0.4) is 0 Å². The Bertz CT molecular complexity index is 350. The smallest absolute Gasteiger partial charge is 0.262 e. The second-order valence-corrected chi connectivity index (χ2v) is 4.41. The topological polar surface area (TPSA) is 12.0 Å². The van der Waals surface area contributed by atoms with Crippen molar-refractivity contribution in [3.63, 3.8) is 0 Å². The van der Waals surface area contributed by atoms with Gasteiger partial charge in [0, 0.05) is 6.54 Å². The van der Waals surface area contributed by atoms with E-state index < -0.39 is 17.3 Å². The SMILES string of the molecule is CNC[C@]1(C)[C@@H](c2ccccc2)C1(F)F. The molecule has 1 aromatic rings. The van der Waals surface area contributed by atoms with Crippen LogP contribution in [0.2, 0.25) is 0 Å². The first-order valence-electron chi connectivity index (χ1n) is 5.11. The van der Waals surface area contributed by atoms with Gasteiger partial charge in [0.05, 0.1) is 11.3 Å². The van der Waals surface area contributed by atoms with Gasteiger partial charge in [-0.15, -0.1) is 0 Å². The summed E-state index contributed by atoms with van der Waals surface area (Å²) >= 11 is 0. The molecule has 1 saturated carbocycles. The van der Waals surface area contributed by atoms with Crippen molar-refractivity contribution < 1.29 is 8.78 Å². The Hall–Kier alpha value is -0.960. The van der Waals surface area contributed by atoms with Gasteiger partial charge in [0.25, 0.3) is 5.92 Å². The molecule has 82 valence electrons. The van der Waals surface area contributed by atoms with Gasteiger partial charge >= 0.3 is 0 Å². The first kappa shape index (κ1) is 10.6. The summed E-state index contributed by atoms with van der Waals surface area (Å²) in [5, 5.41) is 2.85. The lowest BCUT2D eigenvalue weighted by Gasteiger charge is -2.08. The molecule has 1 nitrogen and oxygen atoms in total. The van der Waals surface area contributed by atoms with E-state index in [0.717, 1.165) is 5.56 Å². The highest BCUT2D eigenvalue weighted by atomic mass is 19.3. The van der Waals surface area contributed by atoms with Gasteiger partial charge in [-0.05, 0) is 12.6 Å². The fourth-order valence-corrected chi connectivity index (χ4v) is 2.39. The van der Waals surface area contributed by atoms with Crippen molar-refractivity contribution in [1.82, 2.24) is 5.32 Å². The Morgan fingerprint density at radius 2 is 1.87 bits per heavy atom. The zero-order valence-electron chi connectivity index (χ0n) is 8.93. The van der Waals surface area contributed by atoms with Crippen LogP contribution in [0.15, 0.2) is 30.3 Å². The zero-order valence-corrected chi connectivity index (χ0v) is 8.93. The summed E-state index contributed by atoms with van der Waals surface area (Å²) in [6.07, 6.45) is 0. The van der Waals surface area contributed by atoms with Gasteiger partial charge in [-0.2, -0.15) is 0 Å². The van der Waals surface area contributed by atoms with E-state index in [1.807, 2.05) is 18.2 Å². The minimum Gasteiger partial charge on any atom is -0.319 e. The molecule has 0 aliphatic heterocycles. The summed E-state index contributed by atoms with van der Waals surface area (Å²) in [5.41, 5.74) is -0.191. The zero-order chi connectivity index (χ0) is 11.1. The molecule has 1 aliphatic carbocycles. The van der Waals surface area contributed by atoms with Crippen molar-refractivity contribution in [2.24, 2.45) is 5.41 Å². The fourth-order valence-electron chi connectivity index (χ4n) is 2.39. The standard InChI is InChI=1S/C12H15F2N/c1-11(8-15-2)10(12(11,13)14)9-6-4-3-5-7-9/h3-7,10,15H,8H2,1-2H3/t10-,11-/m1/s1. The summed E-state index contributed by atoms with van der Waals surface area (Å²) in [4.78, 5) is 0. The molecule has 2 rings (SSSR count). The van der Waals surface area contributed by atoms with Crippen LogP contribution >= 0.6 is 0 Å². The van der Waals surface area contributed by atoms with Crippen LogP contribution in [0.25, 0.3) is 0 Å². The molecular weight excluding hydrogens is 196 g/mol. The first-order valence-corrected chi connectivity index (χ1v) is 5.11. The minimum absolute atomic E-state index is 0.347. The van der Waals surface area contributed by atoms with Crippen molar-refractivity contribution in [1.29, 1.82) is 0 Å². The van der Waals surface area contributed by atoms with Crippen molar-refractivity contribution in [2.75, 3.05) is 13.6 Å². The van der Waals surface area contributed by atoms with Crippen molar-refractivity contribution in [3.8, 4) is 0 Å². The maximum atomic E-state index is 13.7. The first-order chi connectivity index (χ1) is 7.04. The van der Waals surface area contributed by atoms with E-state index in [4.69, 9.17) is 0 Å². The molecule has 2 atom stereocenters. The van der Waals surface area contributed by atoms with Gasteiger partial charge in [0.2, 0.25) is 0 Å². The number of hydrogen-bond donors (Lipinski definition) is 1. The van der Waals surface area contributed by atoms with Crippen LogP contribution in [0.4, 0.5) is 8.78 Å². The Balaban J connectivity index is 2.27. The molecular formula is C12H15F2N. The van der Waals surface area contributed by atoms with E-state index in [1.165, 1.54) is 0 Å². The quantitative estimate of drug-likeness (QED) is 0.810. The van der Waals surface area contributed by atoms with Crippen LogP contribution in [-0.4, -0.2) is 19.5 Å². The maximum Gasteiger partial charge on any atom is 0.262 e. The number of rotatable bonds is 3. The van der Waals surface area contributed by atoms with Crippen LogP contribution in [-0.2, 0) is 0 Å². The highest BCUT2D eigenvalue weighted by Crippen LogP contribution is 2.70. The summed E-state index contributed by atoms with van der Waals surface area (Å²) < 4.78 is 27.4. The Morgan fingerprint density at radius 1 is 1.27 bits per heavy atom. The molecule has 0 radical (unpaired) electrons. The van der Waals surface area contributed by atoms with Crippen molar-refractivity contribution in [2.45, 2.75) is 18.8 Å². The molecule has 1 fully saturated rings. The van der Waals surface area contributed by atoms with Gasteiger partial charge < -0.3 is 5.32 Å². The summed E-state index contributed by atoms with van der Waals surface area (Å²) in [6.45, 7) is 1.99. The van der Waals surface area contributed by atoms with E-state index in [9.17, 15) is 8.78 Å². The third-order valence-electron chi connectivity index (χ3n) is 3.35. The summed E-state index contributed by atoms with van der Waals surface area (Å²) in [7, 11) is 1.71. The lowest BCUT2D eigenvalue weighted by molar-refractivity contribution is 0.0675. The molecule has 0 amide bonds. The lowest BCUT2D eigenvalue weighted by Crippen LogP contribution is -2.22. The molecule has 0 saturated heterocycles. The summed E-state index contributed by atoms with van der Waals surface area (Å²) in [6, 6.07) is 9.02. The van der Waals surface area contributed by atoms with E-state index in [2.05, 4.69) is 5.32 Å². The monoisotopic (exact) mass is 211 g/mol. The number of halogens is 2. The van der Waals surface area contributed by atoms with Gasteiger partial charge in [0.15, 0.2) is 0 Å². The van der Waals surface area contributed by atoms with E-state index in [0.29, 0.717) is 6.54 Å². The Labute approximate surface area is 88.5 Å². The number of benzene rings is 1. The normalized spacial score (nSPS) is 32.7. The number of hydrogen-bond acceptors (Lipinski definition) is 1. The maximum absolute atomic E-state index is 13.7. The molecule has 15 heavy (non-hydrogen) atoms. The molecule has 0 heterocycles. The fraction of sp³-hybridized carbons (Fsp3) is 0.500. The molecule has 3 heteroatoms. The minimum atomic E-state index is -2.59. The van der Waals surface area contributed by atoms with E-state index in [1.54, 1.807) is 26.1 Å². The Kier molecular flexibility index (Phi) is 2.30. The van der Waals surface area contributed by atoms with E-state index in [-0.39, 0.29) is 0 Å². The van der Waals surface area contributed by atoms with Gasteiger partial charge in [-0.1, -0.05) is 37.3 Å². The average molecular weight is 211 g/mol. The predicted molar refractivity (Wildman–Crippen MR) is 56.2 cm³/mol. The second-order valence-electron chi connectivity index (χ2n) is 4.41. The average Bonchev–Trinajstić information content (AvgIpc) is 2.62. The molecule has 0 spiro atoms. The van der Waals surface area contributed by atoms with Gasteiger partial charge in [-0.3, -0.25) is 0 Å².